The Morgan fingerprint density at radius 3 is 2.89 bits per heavy atom. The largest absolute Gasteiger partial charge is 0.355 e. The van der Waals surface area contributed by atoms with Gasteiger partial charge in [0.1, 0.15) is 0 Å². The van der Waals surface area contributed by atoms with Gasteiger partial charge in [-0.25, -0.2) is 0 Å². The second kappa shape index (κ2) is 8.56. The van der Waals surface area contributed by atoms with Crippen molar-refractivity contribution in [3.63, 3.8) is 0 Å². The van der Waals surface area contributed by atoms with Crippen LogP contribution in [0.15, 0.2) is 27.6 Å². The third-order valence-electron chi connectivity index (χ3n) is 2.32. The van der Waals surface area contributed by atoms with Crippen molar-refractivity contribution in [3.8, 4) is 0 Å². The van der Waals surface area contributed by atoms with Crippen molar-refractivity contribution in [1.29, 1.82) is 0 Å². The fraction of sp³-hybridized carbons (Fsp3) is 0.462. The van der Waals surface area contributed by atoms with E-state index < -0.39 is 0 Å². The standard InChI is InChI=1S/C13H19BrN2OS/c1-3-6-16-13(17)9-18-12-5-4-11(14)7-10(12)8-15-2/h4-5,7,15H,3,6,8-9H2,1-2H3,(H,16,17). The molecule has 0 aliphatic heterocycles. The normalized spacial score (nSPS) is 10.4. The summed E-state index contributed by atoms with van der Waals surface area (Å²) in [5.41, 5.74) is 1.21. The minimum absolute atomic E-state index is 0.0974. The van der Waals surface area contributed by atoms with E-state index in [4.69, 9.17) is 0 Å². The van der Waals surface area contributed by atoms with E-state index in [1.54, 1.807) is 11.8 Å². The maximum Gasteiger partial charge on any atom is 0.230 e. The number of amides is 1. The topological polar surface area (TPSA) is 41.1 Å². The maximum absolute atomic E-state index is 11.6. The first-order valence-electron chi connectivity index (χ1n) is 6.00. The van der Waals surface area contributed by atoms with Crippen molar-refractivity contribution < 1.29 is 4.79 Å². The minimum atomic E-state index is 0.0974. The second-order valence-electron chi connectivity index (χ2n) is 3.92. The Morgan fingerprint density at radius 2 is 2.22 bits per heavy atom. The Hall–Kier alpha value is -0.520. The lowest BCUT2D eigenvalue weighted by atomic mass is 10.2. The molecule has 1 amide bonds. The first-order chi connectivity index (χ1) is 8.67. The Labute approximate surface area is 121 Å². The van der Waals surface area contributed by atoms with Gasteiger partial charge >= 0.3 is 0 Å². The van der Waals surface area contributed by atoms with Crippen molar-refractivity contribution >= 4 is 33.6 Å². The molecular formula is C13H19BrN2OS. The summed E-state index contributed by atoms with van der Waals surface area (Å²) in [6.45, 7) is 3.61. The molecule has 0 fully saturated rings. The van der Waals surface area contributed by atoms with Crippen molar-refractivity contribution in [3.05, 3.63) is 28.2 Å². The highest BCUT2D eigenvalue weighted by Crippen LogP contribution is 2.25. The van der Waals surface area contributed by atoms with E-state index >= 15 is 0 Å². The zero-order valence-electron chi connectivity index (χ0n) is 10.8. The lowest BCUT2D eigenvalue weighted by Gasteiger charge is -2.09. The summed E-state index contributed by atoms with van der Waals surface area (Å²) in [4.78, 5) is 12.7. The number of hydrogen-bond acceptors (Lipinski definition) is 3. The highest BCUT2D eigenvalue weighted by Gasteiger charge is 2.06. The van der Waals surface area contributed by atoms with Crippen LogP contribution in [0.4, 0.5) is 0 Å². The molecule has 0 bridgehead atoms. The SMILES string of the molecule is CCCNC(=O)CSc1ccc(Br)cc1CNC. The molecule has 0 aliphatic carbocycles. The van der Waals surface area contributed by atoms with Gasteiger partial charge in [0.25, 0.3) is 0 Å². The van der Waals surface area contributed by atoms with Crippen LogP contribution in [-0.4, -0.2) is 25.3 Å². The first kappa shape index (κ1) is 15.5. The van der Waals surface area contributed by atoms with E-state index in [2.05, 4.69) is 38.7 Å². The van der Waals surface area contributed by atoms with Gasteiger partial charge in [0.2, 0.25) is 5.91 Å². The molecule has 0 aromatic heterocycles. The third kappa shape index (κ3) is 5.42. The Kier molecular flexibility index (Phi) is 7.39. The summed E-state index contributed by atoms with van der Waals surface area (Å²) in [6, 6.07) is 6.14. The number of rotatable bonds is 7. The Balaban J connectivity index is 2.58. The fourth-order valence-electron chi connectivity index (χ4n) is 1.48. The van der Waals surface area contributed by atoms with Crippen molar-refractivity contribution in [2.24, 2.45) is 0 Å². The highest BCUT2D eigenvalue weighted by molar-refractivity contribution is 9.10. The van der Waals surface area contributed by atoms with E-state index in [0.29, 0.717) is 5.75 Å². The van der Waals surface area contributed by atoms with E-state index in [-0.39, 0.29) is 5.91 Å². The molecule has 1 aromatic carbocycles. The van der Waals surface area contributed by atoms with Gasteiger partial charge in [-0.05, 0) is 37.2 Å². The molecule has 0 heterocycles. The predicted octanol–water partition coefficient (Wildman–Crippen LogP) is 2.79. The molecule has 18 heavy (non-hydrogen) atoms. The molecule has 0 radical (unpaired) electrons. The number of benzene rings is 1. The molecule has 0 atom stereocenters. The molecule has 5 heteroatoms. The molecule has 1 aromatic rings. The zero-order chi connectivity index (χ0) is 13.4. The van der Waals surface area contributed by atoms with Gasteiger partial charge in [-0.15, -0.1) is 11.8 Å². The quantitative estimate of drug-likeness (QED) is 0.755. The van der Waals surface area contributed by atoms with Crippen LogP contribution in [0.25, 0.3) is 0 Å². The number of carbonyl (C=O) groups excluding carboxylic acids is 1. The average Bonchev–Trinajstić information content (AvgIpc) is 2.36. The first-order valence-corrected chi connectivity index (χ1v) is 7.77. The van der Waals surface area contributed by atoms with E-state index in [1.807, 2.05) is 20.0 Å². The summed E-state index contributed by atoms with van der Waals surface area (Å²) in [5.74, 6) is 0.568. The number of halogens is 1. The minimum Gasteiger partial charge on any atom is -0.355 e. The Bertz CT molecular complexity index is 399. The molecule has 0 saturated carbocycles. The summed E-state index contributed by atoms with van der Waals surface area (Å²) < 4.78 is 1.06. The van der Waals surface area contributed by atoms with Gasteiger partial charge in [-0.1, -0.05) is 22.9 Å². The van der Waals surface area contributed by atoms with E-state index in [0.717, 1.165) is 28.9 Å². The van der Waals surface area contributed by atoms with Crippen LogP contribution >= 0.6 is 27.7 Å². The van der Waals surface area contributed by atoms with Crippen LogP contribution in [-0.2, 0) is 11.3 Å². The lowest BCUT2D eigenvalue weighted by Crippen LogP contribution is -2.25. The van der Waals surface area contributed by atoms with Crippen LogP contribution in [0.2, 0.25) is 0 Å². The fourth-order valence-corrected chi connectivity index (χ4v) is 2.75. The van der Waals surface area contributed by atoms with Gasteiger partial charge in [-0.3, -0.25) is 4.79 Å². The van der Waals surface area contributed by atoms with Gasteiger partial charge < -0.3 is 10.6 Å². The highest BCUT2D eigenvalue weighted by atomic mass is 79.9. The van der Waals surface area contributed by atoms with Gasteiger partial charge in [0.15, 0.2) is 0 Å². The number of nitrogens with one attached hydrogen (secondary N) is 2. The summed E-state index contributed by atoms with van der Waals surface area (Å²) in [7, 11) is 1.92. The average molecular weight is 331 g/mol. The van der Waals surface area contributed by atoms with Gasteiger partial charge in [-0.2, -0.15) is 0 Å². The van der Waals surface area contributed by atoms with Crippen LogP contribution < -0.4 is 10.6 Å². The monoisotopic (exact) mass is 330 g/mol. The van der Waals surface area contributed by atoms with Crippen molar-refractivity contribution in [2.75, 3.05) is 19.3 Å². The Morgan fingerprint density at radius 1 is 1.44 bits per heavy atom. The van der Waals surface area contributed by atoms with Crippen LogP contribution in [0.3, 0.4) is 0 Å². The molecule has 0 spiro atoms. The predicted molar refractivity (Wildman–Crippen MR) is 80.9 cm³/mol. The van der Waals surface area contributed by atoms with Gasteiger partial charge in [0.05, 0.1) is 5.75 Å². The second-order valence-corrected chi connectivity index (χ2v) is 5.85. The molecule has 0 aliphatic rings. The third-order valence-corrected chi connectivity index (χ3v) is 3.93. The number of carbonyl (C=O) groups is 1. The van der Waals surface area contributed by atoms with E-state index in [1.165, 1.54) is 5.56 Å². The molecule has 0 unspecified atom stereocenters. The number of thioether (sulfide) groups is 1. The molecule has 100 valence electrons. The number of hydrogen-bond donors (Lipinski definition) is 2. The summed E-state index contributed by atoms with van der Waals surface area (Å²) >= 11 is 5.05. The molecule has 3 nitrogen and oxygen atoms in total. The zero-order valence-corrected chi connectivity index (χ0v) is 13.2. The maximum atomic E-state index is 11.6. The van der Waals surface area contributed by atoms with E-state index in [9.17, 15) is 4.79 Å². The van der Waals surface area contributed by atoms with Crippen LogP contribution in [0.5, 0.6) is 0 Å². The smallest absolute Gasteiger partial charge is 0.230 e. The summed E-state index contributed by atoms with van der Waals surface area (Å²) in [6.07, 6.45) is 0.972. The van der Waals surface area contributed by atoms with Crippen molar-refractivity contribution in [1.82, 2.24) is 10.6 Å². The molecule has 0 saturated heterocycles. The van der Waals surface area contributed by atoms with Crippen molar-refractivity contribution in [2.45, 2.75) is 24.8 Å². The van der Waals surface area contributed by atoms with Crippen LogP contribution in [0.1, 0.15) is 18.9 Å². The van der Waals surface area contributed by atoms with Gasteiger partial charge in [0, 0.05) is 22.5 Å². The lowest BCUT2D eigenvalue weighted by molar-refractivity contribution is -0.118. The molecular weight excluding hydrogens is 312 g/mol. The van der Waals surface area contributed by atoms with Crippen LogP contribution in [0, 0.1) is 0 Å². The molecule has 2 N–H and O–H groups in total. The summed E-state index contributed by atoms with van der Waals surface area (Å²) in [5, 5.41) is 6.02. The molecule has 1 rings (SSSR count).